The summed E-state index contributed by atoms with van der Waals surface area (Å²) in [6.07, 6.45) is 3.04. The van der Waals surface area contributed by atoms with Gasteiger partial charge in [-0.05, 0) is 36.9 Å². The Bertz CT molecular complexity index is 808. The minimum atomic E-state index is 0.314. The molecule has 0 aliphatic carbocycles. The topological polar surface area (TPSA) is 44.0 Å². The van der Waals surface area contributed by atoms with E-state index in [0.29, 0.717) is 6.04 Å². The number of nitrogens with one attached hydrogen (secondary N) is 2. The third-order valence-corrected chi connectivity index (χ3v) is 4.67. The number of nitrogens with zero attached hydrogens (tertiary/aromatic N) is 2. The van der Waals surface area contributed by atoms with Gasteiger partial charge >= 0.3 is 0 Å². The molecule has 0 bridgehead atoms. The maximum Gasteiger partial charge on any atom is 0.123 e. The number of aromatic nitrogens is 2. The first-order valence-corrected chi connectivity index (χ1v) is 8.25. The summed E-state index contributed by atoms with van der Waals surface area (Å²) in [4.78, 5) is 10.5. The lowest BCUT2D eigenvalue weighted by Gasteiger charge is -2.13. The molecule has 3 aromatic rings. The Balaban J connectivity index is 1.61. The smallest absolute Gasteiger partial charge is 0.123 e. The summed E-state index contributed by atoms with van der Waals surface area (Å²) in [5.41, 5.74) is 2.28. The van der Waals surface area contributed by atoms with Crippen LogP contribution in [0.15, 0.2) is 48.7 Å². The summed E-state index contributed by atoms with van der Waals surface area (Å²) < 4.78 is 0. The zero-order valence-electron chi connectivity index (χ0n) is 13.4. The van der Waals surface area contributed by atoms with Crippen molar-refractivity contribution in [3.63, 3.8) is 0 Å². The molecule has 0 saturated carbocycles. The second-order valence-corrected chi connectivity index (χ2v) is 6.34. The van der Waals surface area contributed by atoms with Gasteiger partial charge in [-0.2, -0.15) is 0 Å². The van der Waals surface area contributed by atoms with Gasteiger partial charge in [0.25, 0.3) is 0 Å². The molecule has 2 aromatic carbocycles. The van der Waals surface area contributed by atoms with Crippen molar-refractivity contribution < 1.29 is 0 Å². The van der Waals surface area contributed by atoms with Crippen LogP contribution >= 0.6 is 0 Å². The number of hydrogen-bond donors (Lipinski definition) is 2. The van der Waals surface area contributed by atoms with E-state index in [2.05, 4.69) is 69.7 Å². The van der Waals surface area contributed by atoms with Crippen molar-refractivity contribution in [3.05, 3.63) is 54.5 Å². The van der Waals surface area contributed by atoms with E-state index in [9.17, 15) is 0 Å². The lowest BCUT2D eigenvalue weighted by molar-refractivity contribution is 0.354. The molecule has 0 spiro atoms. The van der Waals surface area contributed by atoms with Gasteiger partial charge in [0.15, 0.2) is 0 Å². The molecule has 0 radical (unpaired) electrons. The molecule has 118 valence electrons. The van der Waals surface area contributed by atoms with Gasteiger partial charge in [-0.3, -0.25) is 0 Å². The standard InChI is InChI=1S/C19H22N4/c1-23-10-8-17(20-9-11-23)19-21-13-18(22-19)16-7-6-14-4-2-3-5-15(14)12-16/h2-7,12-13,17,20H,8-11H2,1H3,(H,21,22). The number of aromatic amines is 1. The van der Waals surface area contributed by atoms with Crippen LogP contribution in [0.3, 0.4) is 0 Å². The minimum absolute atomic E-state index is 0.314. The van der Waals surface area contributed by atoms with E-state index < -0.39 is 0 Å². The molecule has 0 amide bonds. The molecule has 1 unspecified atom stereocenters. The number of rotatable bonds is 2. The Kier molecular flexibility index (Phi) is 3.85. The van der Waals surface area contributed by atoms with Crippen LogP contribution in [0, 0.1) is 0 Å². The van der Waals surface area contributed by atoms with E-state index in [1.54, 1.807) is 0 Å². The number of H-pyrrole nitrogens is 1. The van der Waals surface area contributed by atoms with E-state index in [1.165, 1.54) is 16.3 Å². The van der Waals surface area contributed by atoms with Gasteiger partial charge in [0, 0.05) is 18.7 Å². The first-order chi connectivity index (χ1) is 11.3. The van der Waals surface area contributed by atoms with Crippen LogP contribution in [-0.4, -0.2) is 41.5 Å². The summed E-state index contributed by atoms with van der Waals surface area (Å²) >= 11 is 0. The fourth-order valence-electron chi connectivity index (χ4n) is 3.24. The van der Waals surface area contributed by atoms with Gasteiger partial charge in [0.05, 0.1) is 17.9 Å². The Labute approximate surface area is 136 Å². The highest BCUT2D eigenvalue weighted by Crippen LogP contribution is 2.25. The average Bonchev–Trinajstić information content (AvgIpc) is 2.97. The minimum Gasteiger partial charge on any atom is -0.341 e. The monoisotopic (exact) mass is 306 g/mol. The van der Waals surface area contributed by atoms with Crippen LogP contribution in [0.2, 0.25) is 0 Å². The molecule has 4 rings (SSSR count). The molecular weight excluding hydrogens is 284 g/mol. The number of fused-ring (bicyclic) bond motifs is 1. The van der Waals surface area contributed by atoms with Crippen molar-refractivity contribution in [2.45, 2.75) is 12.5 Å². The summed E-state index contributed by atoms with van der Waals surface area (Å²) in [6, 6.07) is 15.3. The fourth-order valence-corrected chi connectivity index (χ4v) is 3.24. The van der Waals surface area contributed by atoms with Gasteiger partial charge in [-0.1, -0.05) is 36.4 Å². The number of benzene rings is 2. The molecule has 1 aliphatic rings. The molecule has 1 atom stereocenters. The zero-order valence-corrected chi connectivity index (χ0v) is 13.4. The van der Waals surface area contributed by atoms with Gasteiger partial charge in [-0.25, -0.2) is 4.98 Å². The number of hydrogen-bond acceptors (Lipinski definition) is 3. The Morgan fingerprint density at radius 2 is 1.96 bits per heavy atom. The third-order valence-electron chi connectivity index (χ3n) is 4.67. The summed E-state index contributed by atoms with van der Waals surface area (Å²) in [7, 11) is 2.17. The van der Waals surface area contributed by atoms with Crippen LogP contribution in [0.25, 0.3) is 22.0 Å². The lowest BCUT2D eigenvalue weighted by atomic mass is 10.1. The molecule has 1 fully saturated rings. The Morgan fingerprint density at radius 3 is 2.87 bits per heavy atom. The Morgan fingerprint density at radius 1 is 1.09 bits per heavy atom. The molecule has 1 aliphatic heterocycles. The van der Waals surface area contributed by atoms with Crippen LogP contribution < -0.4 is 5.32 Å². The second-order valence-electron chi connectivity index (χ2n) is 6.34. The average molecular weight is 306 g/mol. The summed E-state index contributed by atoms with van der Waals surface area (Å²) in [6.45, 7) is 3.20. The second kappa shape index (κ2) is 6.14. The maximum absolute atomic E-state index is 4.63. The molecule has 1 saturated heterocycles. The SMILES string of the molecule is CN1CCNC(c2ncc(-c3ccc4ccccc4c3)[nH]2)CC1. The van der Waals surface area contributed by atoms with Gasteiger partial charge in [0.1, 0.15) is 5.82 Å². The first-order valence-electron chi connectivity index (χ1n) is 8.25. The predicted octanol–water partition coefficient (Wildman–Crippen LogP) is 3.20. The number of likely N-dealkylation sites (N-methyl/N-ethyl adjacent to an activating group) is 1. The largest absolute Gasteiger partial charge is 0.341 e. The van der Waals surface area contributed by atoms with Crippen molar-refractivity contribution in [3.8, 4) is 11.3 Å². The normalized spacial score (nSPS) is 19.8. The van der Waals surface area contributed by atoms with Crippen molar-refractivity contribution >= 4 is 10.8 Å². The van der Waals surface area contributed by atoms with Gasteiger partial charge < -0.3 is 15.2 Å². The predicted molar refractivity (Wildman–Crippen MR) is 94.4 cm³/mol. The van der Waals surface area contributed by atoms with E-state index in [1.807, 2.05) is 6.20 Å². The molecule has 4 nitrogen and oxygen atoms in total. The molecule has 1 aromatic heterocycles. The van der Waals surface area contributed by atoms with E-state index in [-0.39, 0.29) is 0 Å². The van der Waals surface area contributed by atoms with Gasteiger partial charge in [0.2, 0.25) is 0 Å². The summed E-state index contributed by atoms with van der Waals surface area (Å²) in [5.74, 6) is 1.04. The van der Waals surface area contributed by atoms with E-state index >= 15 is 0 Å². The van der Waals surface area contributed by atoms with Crippen molar-refractivity contribution in [2.24, 2.45) is 0 Å². The van der Waals surface area contributed by atoms with Crippen LogP contribution in [0.1, 0.15) is 18.3 Å². The highest BCUT2D eigenvalue weighted by atomic mass is 15.1. The first kappa shape index (κ1) is 14.4. The number of imidazole rings is 1. The quantitative estimate of drug-likeness (QED) is 0.764. The van der Waals surface area contributed by atoms with Crippen molar-refractivity contribution in [2.75, 3.05) is 26.7 Å². The van der Waals surface area contributed by atoms with Gasteiger partial charge in [-0.15, -0.1) is 0 Å². The van der Waals surface area contributed by atoms with E-state index in [4.69, 9.17) is 0 Å². The van der Waals surface area contributed by atoms with Crippen molar-refractivity contribution in [1.29, 1.82) is 0 Å². The molecule has 2 heterocycles. The van der Waals surface area contributed by atoms with Crippen LogP contribution in [-0.2, 0) is 0 Å². The molecule has 4 heteroatoms. The molecule has 23 heavy (non-hydrogen) atoms. The summed E-state index contributed by atoms with van der Waals surface area (Å²) in [5, 5.41) is 6.11. The van der Waals surface area contributed by atoms with Crippen molar-refractivity contribution in [1.82, 2.24) is 20.2 Å². The highest BCUT2D eigenvalue weighted by molar-refractivity contribution is 5.86. The zero-order chi connectivity index (χ0) is 15.6. The maximum atomic E-state index is 4.63. The molecule has 2 N–H and O–H groups in total. The fraction of sp³-hybridized carbons (Fsp3) is 0.316. The van der Waals surface area contributed by atoms with Crippen LogP contribution in [0.5, 0.6) is 0 Å². The Hall–Kier alpha value is -2.17. The van der Waals surface area contributed by atoms with Crippen LogP contribution in [0.4, 0.5) is 0 Å². The third kappa shape index (κ3) is 3.00. The highest BCUT2D eigenvalue weighted by Gasteiger charge is 2.18. The van der Waals surface area contributed by atoms with E-state index in [0.717, 1.165) is 37.6 Å². The molecular formula is C19H22N4. The lowest BCUT2D eigenvalue weighted by Crippen LogP contribution is -2.25.